The molecule has 0 radical (unpaired) electrons. The number of ether oxygens (including phenoxy) is 1. The molecule has 0 atom stereocenters. The van der Waals surface area contributed by atoms with Gasteiger partial charge in [0.15, 0.2) is 0 Å². The van der Waals surface area contributed by atoms with Crippen LogP contribution < -0.4 is 0 Å². The predicted molar refractivity (Wildman–Crippen MR) is 32.5 cm³/mol. The van der Waals surface area contributed by atoms with Gasteiger partial charge in [0, 0.05) is 0 Å². The highest BCUT2D eigenvalue weighted by atomic mass is 16.5. The topological polar surface area (TPSA) is 63.2 Å². The minimum atomic E-state index is -0.903. The first-order chi connectivity index (χ1) is 4.76. The molecule has 0 aromatic carbocycles. The fourth-order valence-corrected chi connectivity index (χ4v) is 0.304. The van der Waals surface area contributed by atoms with E-state index in [-0.39, 0.29) is 6.61 Å². The standard InChI is InChI=1S/C5H6N2O3/c1-3-10-5(8)4(6-2)7-9/h9H,3H2,1H3/b7-4-. The highest BCUT2D eigenvalue weighted by Gasteiger charge is 2.12. The molecule has 0 aromatic heterocycles. The zero-order valence-electron chi connectivity index (χ0n) is 5.37. The summed E-state index contributed by atoms with van der Waals surface area (Å²) in [7, 11) is 0. The quantitative estimate of drug-likeness (QED) is 0.142. The lowest BCUT2D eigenvalue weighted by atomic mass is 10.6. The molecule has 54 valence electrons. The Hall–Kier alpha value is -1.57. The van der Waals surface area contributed by atoms with Gasteiger partial charge in [0.2, 0.25) is 0 Å². The van der Waals surface area contributed by atoms with Crippen LogP contribution in [-0.4, -0.2) is 23.6 Å². The van der Waals surface area contributed by atoms with Crippen LogP contribution in [0.25, 0.3) is 4.85 Å². The van der Waals surface area contributed by atoms with E-state index in [1.807, 2.05) is 0 Å². The van der Waals surface area contributed by atoms with E-state index in [1.54, 1.807) is 6.92 Å². The molecular formula is C5H6N2O3. The first-order valence-electron chi connectivity index (χ1n) is 2.52. The SMILES string of the molecule is [C-]#[N+]/C(=N\O)C(=O)OCC. The Morgan fingerprint density at radius 3 is 2.80 bits per heavy atom. The average Bonchev–Trinajstić information content (AvgIpc) is 1.91. The first-order valence-corrected chi connectivity index (χ1v) is 2.52. The van der Waals surface area contributed by atoms with Gasteiger partial charge in [-0.2, -0.15) is 0 Å². The van der Waals surface area contributed by atoms with Gasteiger partial charge in [0.25, 0.3) is 0 Å². The number of oxime groups is 1. The first kappa shape index (κ1) is 8.43. The highest BCUT2D eigenvalue weighted by molar-refractivity contribution is 6.39. The molecule has 5 nitrogen and oxygen atoms in total. The van der Waals surface area contributed by atoms with Crippen LogP contribution in [0.3, 0.4) is 0 Å². The van der Waals surface area contributed by atoms with Gasteiger partial charge >= 0.3 is 11.8 Å². The second-order valence-corrected chi connectivity index (χ2v) is 1.26. The molecule has 0 bridgehead atoms. The molecule has 0 aromatic rings. The van der Waals surface area contributed by atoms with Crippen molar-refractivity contribution in [3.8, 4) is 0 Å². The molecule has 0 saturated carbocycles. The van der Waals surface area contributed by atoms with E-state index in [2.05, 4.69) is 14.7 Å². The van der Waals surface area contributed by atoms with Crippen LogP contribution >= 0.6 is 0 Å². The van der Waals surface area contributed by atoms with Crippen LogP contribution in [0, 0.1) is 6.57 Å². The summed E-state index contributed by atoms with van der Waals surface area (Å²) >= 11 is 0. The Morgan fingerprint density at radius 2 is 2.50 bits per heavy atom. The van der Waals surface area contributed by atoms with Crippen molar-refractivity contribution in [2.45, 2.75) is 6.92 Å². The average molecular weight is 142 g/mol. The van der Waals surface area contributed by atoms with E-state index < -0.39 is 11.8 Å². The van der Waals surface area contributed by atoms with E-state index in [4.69, 9.17) is 11.8 Å². The van der Waals surface area contributed by atoms with Crippen molar-refractivity contribution in [1.29, 1.82) is 0 Å². The molecular weight excluding hydrogens is 136 g/mol. The number of hydrogen-bond acceptors (Lipinski definition) is 4. The number of hydrogen-bond donors (Lipinski definition) is 1. The maximum absolute atomic E-state index is 10.5. The highest BCUT2D eigenvalue weighted by Crippen LogP contribution is 1.84. The molecule has 0 unspecified atom stereocenters. The molecule has 5 heteroatoms. The van der Waals surface area contributed by atoms with Crippen LogP contribution in [0.2, 0.25) is 0 Å². The molecule has 0 aliphatic carbocycles. The van der Waals surface area contributed by atoms with Crippen molar-refractivity contribution >= 4 is 11.8 Å². The lowest BCUT2D eigenvalue weighted by Gasteiger charge is -1.94. The monoisotopic (exact) mass is 142 g/mol. The largest absolute Gasteiger partial charge is 0.470 e. The summed E-state index contributed by atoms with van der Waals surface area (Å²) in [6.45, 7) is 8.06. The maximum Gasteiger partial charge on any atom is 0.398 e. The number of carbonyl (C=O) groups is 1. The summed E-state index contributed by atoms with van der Waals surface area (Å²) in [5, 5.41) is 10.4. The molecule has 0 aliphatic rings. The molecule has 0 rings (SSSR count). The van der Waals surface area contributed by atoms with Crippen molar-refractivity contribution < 1.29 is 14.7 Å². The molecule has 0 heterocycles. The normalized spacial score (nSPS) is 10.2. The number of nitrogens with zero attached hydrogens (tertiary/aromatic N) is 2. The van der Waals surface area contributed by atoms with Crippen LogP contribution in [0.15, 0.2) is 5.16 Å². The van der Waals surface area contributed by atoms with Gasteiger partial charge in [-0.3, -0.25) is 4.79 Å². The van der Waals surface area contributed by atoms with E-state index in [1.165, 1.54) is 0 Å². The van der Waals surface area contributed by atoms with Crippen LogP contribution in [0.5, 0.6) is 0 Å². The summed E-state index contributed by atoms with van der Waals surface area (Å²) in [5.74, 6) is -1.55. The minimum absolute atomic E-state index is 0.160. The Balaban J connectivity index is 4.08. The summed E-state index contributed by atoms with van der Waals surface area (Å²) in [5.41, 5.74) is 0. The smallest absolute Gasteiger partial charge is 0.398 e. The number of esters is 1. The summed E-state index contributed by atoms with van der Waals surface area (Å²) < 4.78 is 4.34. The van der Waals surface area contributed by atoms with Crippen molar-refractivity contribution in [1.82, 2.24) is 0 Å². The minimum Gasteiger partial charge on any atom is -0.470 e. The van der Waals surface area contributed by atoms with Crippen molar-refractivity contribution in [2.24, 2.45) is 5.16 Å². The van der Waals surface area contributed by atoms with Gasteiger partial charge in [-0.05, 0) is 6.92 Å². The Morgan fingerprint density at radius 1 is 1.90 bits per heavy atom. The Labute approximate surface area is 57.7 Å². The molecule has 0 amide bonds. The second-order valence-electron chi connectivity index (χ2n) is 1.26. The van der Waals surface area contributed by atoms with E-state index in [0.717, 1.165) is 0 Å². The fourth-order valence-electron chi connectivity index (χ4n) is 0.304. The molecule has 0 fully saturated rings. The third-order valence-electron chi connectivity index (χ3n) is 0.659. The van der Waals surface area contributed by atoms with Gasteiger partial charge in [0.1, 0.15) is 0 Å². The van der Waals surface area contributed by atoms with Gasteiger partial charge in [0.05, 0.1) is 11.8 Å². The van der Waals surface area contributed by atoms with Gasteiger partial charge < -0.3 is 14.8 Å². The van der Waals surface area contributed by atoms with E-state index in [9.17, 15) is 4.79 Å². The lowest BCUT2D eigenvalue weighted by molar-refractivity contribution is -0.135. The Bertz CT molecular complexity index is 192. The van der Waals surface area contributed by atoms with E-state index >= 15 is 0 Å². The molecule has 0 spiro atoms. The molecule has 0 saturated heterocycles. The van der Waals surface area contributed by atoms with Crippen LogP contribution in [0.1, 0.15) is 6.92 Å². The molecule has 10 heavy (non-hydrogen) atoms. The number of amidine groups is 1. The number of rotatable bonds is 1. The second kappa shape index (κ2) is 4.32. The summed E-state index contributed by atoms with van der Waals surface area (Å²) in [6, 6.07) is 0. The lowest BCUT2D eigenvalue weighted by Crippen LogP contribution is -2.13. The number of carbonyl (C=O) groups excluding carboxylic acids is 1. The van der Waals surface area contributed by atoms with Crippen LogP contribution in [0.4, 0.5) is 0 Å². The zero-order valence-corrected chi connectivity index (χ0v) is 5.37. The summed E-state index contributed by atoms with van der Waals surface area (Å²) in [6.07, 6.45) is 0. The fraction of sp³-hybridized carbons (Fsp3) is 0.400. The summed E-state index contributed by atoms with van der Waals surface area (Å²) in [4.78, 5) is 13.1. The van der Waals surface area contributed by atoms with Gasteiger partial charge in [-0.25, -0.2) is 0 Å². The van der Waals surface area contributed by atoms with Crippen molar-refractivity contribution in [2.75, 3.05) is 6.61 Å². The van der Waals surface area contributed by atoms with Gasteiger partial charge in [-0.1, -0.05) is 6.57 Å². The molecule has 1 N–H and O–H groups in total. The van der Waals surface area contributed by atoms with Crippen LogP contribution in [-0.2, 0) is 9.53 Å². The predicted octanol–water partition coefficient (Wildman–Crippen LogP) is 0.256. The Kier molecular flexibility index (Phi) is 3.64. The van der Waals surface area contributed by atoms with Crippen molar-refractivity contribution in [3.05, 3.63) is 11.4 Å². The molecule has 0 aliphatic heterocycles. The third-order valence-corrected chi connectivity index (χ3v) is 0.659. The van der Waals surface area contributed by atoms with E-state index in [0.29, 0.717) is 0 Å². The maximum atomic E-state index is 10.5. The zero-order chi connectivity index (χ0) is 7.98. The third kappa shape index (κ3) is 2.13. The van der Waals surface area contributed by atoms with Gasteiger partial charge in [-0.15, -0.1) is 0 Å². The van der Waals surface area contributed by atoms with Crippen molar-refractivity contribution in [3.63, 3.8) is 0 Å².